The number of rotatable bonds is 0. The predicted octanol–water partition coefficient (Wildman–Crippen LogP) is 3.51. The highest BCUT2D eigenvalue weighted by Gasteiger charge is 2.04. The van der Waals surface area contributed by atoms with Crippen molar-refractivity contribution in [2.75, 3.05) is 0 Å². The summed E-state index contributed by atoms with van der Waals surface area (Å²) in [7, 11) is 0. The van der Waals surface area contributed by atoms with Gasteiger partial charge in [0, 0.05) is 6.07 Å². The lowest BCUT2D eigenvalue weighted by Crippen LogP contribution is -1.80. The van der Waals surface area contributed by atoms with Crippen LogP contribution in [0.3, 0.4) is 0 Å². The van der Waals surface area contributed by atoms with E-state index < -0.39 is 0 Å². The zero-order chi connectivity index (χ0) is 8.72. The molecule has 1 aromatic carbocycles. The highest BCUT2D eigenvalue weighted by atomic mass is 79.9. The molecule has 0 aliphatic heterocycles. The van der Waals surface area contributed by atoms with Crippen LogP contribution in [0.1, 0.15) is 5.56 Å². The molecule has 0 saturated carbocycles. The van der Waals surface area contributed by atoms with Gasteiger partial charge in [0.25, 0.3) is 0 Å². The Morgan fingerprint density at radius 1 is 1.50 bits per heavy atom. The molecule has 0 bridgehead atoms. The molecule has 1 heterocycles. The first-order valence-corrected chi connectivity index (χ1v) is 5.00. The van der Waals surface area contributed by atoms with Crippen molar-refractivity contribution >= 4 is 37.5 Å². The van der Waals surface area contributed by atoms with Crippen LogP contribution in [0.4, 0.5) is 4.39 Å². The number of aryl methyl sites for hydroxylation is 1. The molecule has 62 valence electrons. The first kappa shape index (κ1) is 8.13. The van der Waals surface area contributed by atoms with Crippen LogP contribution in [0, 0.1) is 12.7 Å². The van der Waals surface area contributed by atoms with Gasteiger partial charge in [0.2, 0.25) is 0 Å². The van der Waals surface area contributed by atoms with E-state index in [4.69, 9.17) is 0 Å². The topological polar surface area (TPSA) is 12.9 Å². The second-order valence-corrected chi connectivity index (χ2v) is 4.84. The third-order valence-electron chi connectivity index (χ3n) is 1.64. The van der Waals surface area contributed by atoms with E-state index in [0.29, 0.717) is 5.56 Å². The van der Waals surface area contributed by atoms with Crippen LogP contribution in [0.15, 0.2) is 16.0 Å². The van der Waals surface area contributed by atoms with E-state index in [1.165, 1.54) is 17.4 Å². The highest BCUT2D eigenvalue weighted by molar-refractivity contribution is 9.11. The molecule has 0 spiro atoms. The molecule has 12 heavy (non-hydrogen) atoms. The lowest BCUT2D eigenvalue weighted by molar-refractivity contribution is 0.620. The largest absolute Gasteiger partial charge is 0.229 e. The third kappa shape index (κ3) is 1.25. The number of fused-ring (bicyclic) bond motifs is 1. The van der Waals surface area contributed by atoms with Gasteiger partial charge in [-0.05, 0) is 34.5 Å². The quantitative estimate of drug-likeness (QED) is 0.693. The Kier molecular flexibility index (Phi) is 1.88. The molecule has 0 atom stereocenters. The van der Waals surface area contributed by atoms with Crippen molar-refractivity contribution in [3.63, 3.8) is 0 Å². The molecular formula is C8H5BrFNS. The highest BCUT2D eigenvalue weighted by Crippen LogP contribution is 2.27. The van der Waals surface area contributed by atoms with Crippen LogP contribution < -0.4 is 0 Å². The van der Waals surface area contributed by atoms with Gasteiger partial charge in [0.1, 0.15) is 5.82 Å². The fourth-order valence-corrected chi connectivity index (χ4v) is 2.51. The molecule has 0 fully saturated rings. The third-order valence-corrected chi connectivity index (χ3v) is 3.11. The Balaban J connectivity index is 2.83. The Morgan fingerprint density at radius 3 is 3.00 bits per heavy atom. The number of thiazole rings is 1. The fraction of sp³-hybridized carbons (Fsp3) is 0.125. The first-order chi connectivity index (χ1) is 5.66. The Morgan fingerprint density at radius 2 is 2.25 bits per heavy atom. The number of hydrogen-bond donors (Lipinski definition) is 0. The predicted molar refractivity (Wildman–Crippen MR) is 52.0 cm³/mol. The van der Waals surface area contributed by atoms with E-state index in [0.717, 1.165) is 14.1 Å². The maximum absolute atomic E-state index is 13.0. The summed E-state index contributed by atoms with van der Waals surface area (Å²) in [4.78, 5) is 4.11. The molecular weight excluding hydrogens is 241 g/mol. The summed E-state index contributed by atoms with van der Waals surface area (Å²) in [6.45, 7) is 1.75. The van der Waals surface area contributed by atoms with Crippen molar-refractivity contribution in [2.24, 2.45) is 0 Å². The van der Waals surface area contributed by atoms with E-state index in [2.05, 4.69) is 20.9 Å². The minimum Gasteiger partial charge on any atom is -0.229 e. The molecule has 4 heteroatoms. The van der Waals surface area contributed by atoms with Crippen LogP contribution in [0.2, 0.25) is 0 Å². The average molecular weight is 246 g/mol. The van der Waals surface area contributed by atoms with E-state index in [1.54, 1.807) is 6.92 Å². The maximum atomic E-state index is 13.0. The molecule has 0 aliphatic rings. The number of halogens is 2. The second kappa shape index (κ2) is 2.78. The summed E-state index contributed by atoms with van der Waals surface area (Å²) >= 11 is 4.77. The van der Waals surface area contributed by atoms with Crippen LogP contribution in [0.5, 0.6) is 0 Å². The second-order valence-electron chi connectivity index (χ2n) is 2.54. The van der Waals surface area contributed by atoms with E-state index >= 15 is 0 Å². The summed E-state index contributed by atoms with van der Waals surface area (Å²) in [5, 5.41) is 0. The van der Waals surface area contributed by atoms with Crippen molar-refractivity contribution in [1.82, 2.24) is 4.98 Å². The molecule has 0 aliphatic carbocycles. The van der Waals surface area contributed by atoms with Gasteiger partial charge in [0.15, 0.2) is 3.92 Å². The lowest BCUT2D eigenvalue weighted by Gasteiger charge is -1.93. The van der Waals surface area contributed by atoms with Gasteiger partial charge in [-0.3, -0.25) is 0 Å². The monoisotopic (exact) mass is 245 g/mol. The van der Waals surface area contributed by atoms with E-state index in [-0.39, 0.29) is 5.82 Å². The van der Waals surface area contributed by atoms with Crippen molar-refractivity contribution in [2.45, 2.75) is 6.92 Å². The molecule has 1 aromatic heterocycles. The SMILES string of the molecule is Cc1cc2sc(Br)nc2cc1F. The Bertz CT molecular complexity index is 399. The molecule has 1 nitrogen and oxygen atoms in total. The van der Waals surface area contributed by atoms with Gasteiger partial charge >= 0.3 is 0 Å². The molecule has 0 unspecified atom stereocenters. The number of hydrogen-bond acceptors (Lipinski definition) is 2. The minimum absolute atomic E-state index is 0.194. The molecule has 0 N–H and O–H groups in total. The zero-order valence-corrected chi connectivity index (χ0v) is 8.67. The van der Waals surface area contributed by atoms with Gasteiger partial charge < -0.3 is 0 Å². The van der Waals surface area contributed by atoms with Gasteiger partial charge in [-0.2, -0.15) is 0 Å². The Labute approximate surface area is 81.4 Å². The fourth-order valence-electron chi connectivity index (χ4n) is 1.02. The summed E-state index contributed by atoms with van der Waals surface area (Å²) in [6.07, 6.45) is 0. The number of aromatic nitrogens is 1. The van der Waals surface area contributed by atoms with Crippen LogP contribution in [0.25, 0.3) is 10.2 Å². The molecule has 2 rings (SSSR count). The maximum Gasteiger partial charge on any atom is 0.160 e. The molecule has 0 amide bonds. The van der Waals surface area contributed by atoms with Crippen LogP contribution in [-0.2, 0) is 0 Å². The average Bonchev–Trinajstić information content (AvgIpc) is 2.30. The van der Waals surface area contributed by atoms with Crippen molar-refractivity contribution in [3.8, 4) is 0 Å². The standard InChI is InChI=1S/C8H5BrFNS/c1-4-2-7-6(3-5(4)10)11-8(9)12-7/h2-3H,1H3. The number of benzene rings is 1. The van der Waals surface area contributed by atoms with Gasteiger partial charge in [-0.25, -0.2) is 9.37 Å². The summed E-state index contributed by atoms with van der Waals surface area (Å²) in [6, 6.07) is 3.28. The van der Waals surface area contributed by atoms with Gasteiger partial charge in [0.05, 0.1) is 10.2 Å². The van der Waals surface area contributed by atoms with Crippen molar-refractivity contribution in [1.29, 1.82) is 0 Å². The normalized spacial score (nSPS) is 10.9. The van der Waals surface area contributed by atoms with Crippen molar-refractivity contribution in [3.05, 3.63) is 27.4 Å². The smallest absolute Gasteiger partial charge is 0.160 e. The summed E-state index contributed by atoms with van der Waals surface area (Å²) < 4.78 is 14.8. The van der Waals surface area contributed by atoms with E-state index in [9.17, 15) is 4.39 Å². The summed E-state index contributed by atoms with van der Waals surface area (Å²) in [5.41, 5.74) is 1.38. The van der Waals surface area contributed by atoms with Gasteiger partial charge in [-0.1, -0.05) is 0 Å². The first-order valence-electron chi connectivity index (χ1n) is 3.39. The zero-order valence-electron chi connectivity index (χ0n) is 6.27. The van der Waals surface area contributed by atoms with E-state index in [1.807, 2.05) is 6.07 Å². The minimum atomic E-state index is -0.194. The van der Waals surface area contributed by atoms with Crippen LogP contribution in [-0.4, -0.2) is 4.98 Å². The molecule has 0 saturated heterocycles. The lowest BCUT2D eigenvalue weighted by atomic mass is 10.2. The Hall–Kier alpha value is -0.480. The van der Waals surface area contributed by atoms with Gasteiger partial charge in [-0.15, -0.1) is 11.3 Å². The molecule has 2 aromatic rings. The summed E-state index contributed by atoms with van der Waals surface area (Å²) in [5.74, 6) is -0.194. The molecule has 0 radical (unpaired) electrons. The van der Waals surface area contributed by atoms with Crippen molar-refractivity contribution < 1.29 is 4.39 Å². The van der Waals surface area contributed by atoms with Crippen LogP contribution >= 0.6 is 27.3 Å². The number of nitrogens with zero attached hydrogens (tertiary/aromatic N) is 1.